The third kappa shape index (κ3) is 6.49. The number of carbonyl (C=O) groups excluding carboxylic acids is 1. The first-order chi connectivity index (χ1) is 17.8. The molecule has 2 aromatic carbocycles. The van der Waals surface area contributed by atoms with E-state index in [0.29, 0.717) is 22.3 Å². The molecule has 1 amide bonds. The van der Waals surface area contributed by atoms with Gasteiger partial charge in [-0.3, -0.25) is 20.2 Å². The summed E-state index contributed by atoms with van der Waals surface area (Å²) in [5.74, 6) is 0.121. The molecule has 2 N–H and O–H groups in total. The molecule has 0 spiro atoms. The number of piperazine rings is 1. The van der Waals surface area contributed by atoms with Crippen LogP contribution in [0.4, 0.5) is 22.7 Å². The minimum Gasteiger partial charge on any atom is -0.371 e. The molecule has 0 atom stereocenters. The second-order valence-corrected chi connectivity index (χ2v) is 10.4. The highest BCUT2D eigenvalue weighted by Crippen LogP contribution is 2.35. The van der Waals surface area contributed by atoms with Gasteiger partial charge in [-0.25, -0.2) is 0 Å². The summed E-state index contributed by atoms with van der Waals surface area (Å²) < 4.78 is 0. The number of para-hydroxylation sites is 1. The van der Waals surface area contributed by atoms with Gasteiger partial charge in [0.1, 0.15) is 0 Å². The van der Waals surface area contributed by atoms with Gasteiger partial charge in [0.25, 0.3) is 11.6 Å². The highest BCUT2D eigenvalue weighted by Gasteiger charge is 2.25. The van der Waals surface area contributed by atoms with Crippen molar-refractivity contribution in [3.63, 3.8) is 0 Å². The first-order valence-corrected chi connectivity index (χ1v) is 13.5. The molecule has 2 aromatic rings. The maximum Gasteiger partial charge on any atom is 0.270 e. The summed E-state index contributed by atoms with van der Waals surface area (Å²) in [6.07, 6.45) is 2.00. The van der Waals surface area contributed by atoms with Crippen molar-refractivity contribution in [2.24, 2.45) is 5.92 Å². The van der Waals surface area contributed by atoms with Gasteiger partial charge < -0.3 is 20.0 Å². The number of halogens is 1. The zero-order valence-corrected chi connectivity index (χ0v) is 22.8. The minimum absolute atomic E-state index is 0.102. The first kappa shape index (κ1) is 27.1. The predicted octanol–water partition coefficient (Wildman–Crippen LogP) is 4.75. The van der Waals surface area contributed by atoms with E-state index in [1.165, 1.54) is 12.1 Å². The molecule has 0 aromatic heterocycles. The highest BCUT2D eigenvalue weighted by atomic mass is 35.5. The zero-order valence-electron chi connectivity index (χ0n) is 21.2. The summed E-state index contributed by atoms with van der Waals surface area (Å²) in [5.41, 5.74) is 2.31. The van der Waals surface area contributed by atoms with Crippen LogP contribution in [0.15, 0.2) is 36.4 Å². The van der Waals surface area contributed by atoms with E-state index in [4.69, 9.17) is 23.8 Å². The molecule has 11 heteroatoms. The van der Waals surface area contributed by atoms with Crippen molar-refractivity contribution in [1.82, 2.24) is 10.2 Å². The van der Waals surface area contributed by atoms with E-state index < -0.39 is 10.8 Å². The van der Waals surface area contributed by atoms with E-state index in [1.807, 2.05) is 18.2 Å². The van der Waals surface area contributed by atoms with E-state index in [2.05, 4.69) is 39.2 Å². The number of nitro groups is 1. The Kier molecular flexibility index (Phi) is 8.83. The number of rotatable bonds is 6. The number of hydrogen-bond donors (Lipinski definition) is 2. The van der Waals surface area contributed by atoms with Gasteiger partial charge in [0.2, 0.25) is 0 Å². The van der Waals surface area contributed by atoms with E-state index in [9.17, 15) is 14.9 Å². The second kappa shape index (κ2) is 12.1. The molecule has 2 aliphatic heterocycles. The maximum atomic E-state index is 13.3. The fourth-order valence-corrected chi connectivity index (χ4v) is 5.39. The van der Waals surface area contributed by atoms with Crippen LogP contribution in [0.2, 0.25) is 5.02 Å². The van der Waals surface area contributed by atoms with Crippen molar-refractivity contribution in [2.45, 2.75) is 26.7 Å². The van der Waals surface area contributed by atoms with Crippen molar-refractivity contribution >= 4 is 57.6 Å². The average molecular weight is 545 g/mol. The number of nitro benzene ring substituents is 1. The summed E-state index contributed by atoms with van der Waals surface area (Å²) in [6.45, 7) is 10.5. The van der Waals surface area contributed by atoms with Crippen molar-refractivity contribution < 1.29 is 9.72 Å². The summed E-state index contributed by atoms with van der Waals surface area (Å²) in [4.78, 5) is 31.0. The molecule has 2 fully saturated rings. The zero-order chi connectivity index (χ0) is 26.5. The van der Waals surface area contributed by atoms with Crippen LogP contribution in [0.1, 0.15) is 37.0 Å². The van der Waals surface area contributed by atoms with Gasteiger partial charge in [-0.15, -0.1) is 0 Å². The molecular formula is C26H33ClN6O3S. The SMILES string of the molecule is CCN1CCN(c2c(Cl)cccc2NC(=S)NC(=O)c2cc([N+](=O)[O-])ccc2N2CCC(C)CC2)CC1. The number of benzene rings is 2. The molecule has 2 saturated heterocycles. The van der Waals surface area contributed by atoms with Crippen LogP contribution in [0.5, 0.6) is 0 Å². The van der Waals surface area contributed by atoms with Crippen LogP contribution in [-0.2, 0) is 0 Å². The van der Waals surface area contributed by atoms with Gasteiger partial charge in [-0.05, 0) is 55.7 Å². The Bertz CT molecular complexity index is 1160. The monoisotopic (exact) mass is 544 g/mol. The molecule has 4 rings (SSSR count). The number of carbonyl (C=O) groups is 1. The van der Waals surface area contributed by atoms with E-state index in [1.54, 1.807) is 6.07 Å². The smallest absolute Gasteiger partial charge is 0.270 e. The van der Waals surface area contributed by atoms with Crippen molar-refractivity contribution in [1.29, 1.82) is 0 Å². The molecule has 0 radical (unpaired) electrons. The largest absolute Gasteiger partial charge is 0.371 e. The number of amides is 1. The van der Waals surface area contributed by atoms with Gasteiger partial charge in [0.15, 0.2) is 5.11 Å². The number of non-ortho nitro benzene ring substituents is 1. The van der Waals surface area contributed by atoms with Gasteiger partial charge in [-0.1, -0.05) is 31.5 Å². The summed E-state index contributed by atoms with van der Waals surface area (Å²) in [5, 5.41) is 18.0. The fraction of sp³-hybridized carbons (Fsp3) is 0.462. The Hall–Kier alpha value is -2.95. The van der Waals surface area contributed by atoms with E-state index in [0.717, 1.165) is 64.3 Å². The number of piperidine rings is 1. The molecule has 2 heterocycles. The number of hydrogen-bond acceptors (Lipinski definition) is 7. The standard InChI is InChI=1S/C26H33ClN6O3S/c1-3-30-13-15-32(16-14-30)24-21(27)5-4-6-22(24)28-26(37)29-25(34)20-17-19(33(35)36)7-8-23(20)31-11-9-18(2)10-12-31/h4-8,17-18H,3,9-16H2,1-2H3,(H2,28,29,34,37). The van der Waals surface area contributed by atoms with Gasteiger partial charge in [-0.2, -0.15) is 0 Å². The van der Waals surface area contributed by atoms with Crippen LogP contribution >= 0.6 is 23.8 Å². The van der Waals surface area contributed by atoms with Crippen molar-refractivity contribution in [3.05, 3.63) is 57.1 Å². The van der Waals surface area contributed by atoms with Crippen molar-refractivity contribution in [3.8, 4) is 0 Å². The van der Waals surface area contributed by atoms with E-state index >= 15 is 0 Å². The Morgan fingerprint density at radius 1 is 1.11 bits per heavy atom. The Labute approximate surface area is 227 Å². The number of likely N-dealkylation sites (N-methyl/N-ethyl adjacent to an activating group) is 1. The molecule has 0 unspecified atom stereocenters. The Morgan fingerprint density at radius 2 is 1.81 bits per heavy atom. The predicted molar refractivity (Wildman–Crippen MR) is 153 cm³/mol. The lowest BCUT2D eigenvalue weighted by atomic mass is 9.98. The summed E-state index contributed by atoms with van der Waals surface area (Å²) in [6, 6.07) is 9.96. The van der Waals surface area contributed by atoms with Gasteiger partial charge in [0, 0.05) is 51.4 Å². The lowest BCUT2D eigenvalue weighted by Crippen LogP contribution is -2.46. The molecule has 198 valence electrons. The molecule has 0 saturated carbocycles. The van der Waals surface area contributed by atoms with Crippen LogP contribution in [0.3, 0.4) is 0 Å². The first-order valence-electron chi connectivity index (χ1n) is 12.7. The maximum absolute atomic E-state index is 13.3. The third-order valence-electron chi connectivity index (χ3n) is 7.16. The normalized spacial score (nSPS) is 16.9. The average Bonchev–Trinajstić information content (AvgIpc) is 2.89. The lowest BCUT2D eigenvalue weighted by molar-refractivity contribution is -0.384. The quantitative estimate of drug-likeness (QED) is 0.305. The minimum atomic E-state index is -0.494. The molecule has 0 bridgehead atoms. The second-order valence-electron chi connectivity index (χ2n) is 9.59. The number of thiocarbonyl (C=S) groups is 1. The molecule has 0 aliphatic carbocycles. The topological polar surface area (TPSA) is 94.0 Å². The molecule has 9 nitrogen and oxygen atoms in total. The Morgan fingerprint density at radius 3 is 2.46 bits per heavy atom. The summed E-state index contributed by atoms with van der Waals surface area (Å²) >= 11 is 12.1. The third-order valence-corrected chi connectivity index (χ3v) is 7.67. The summed E-state index contributed by atoms with van der Waals surface area (Å²) in [7, 11) is 0. The van der Waals surface area contributed by atoms with Crippen LogP contribution in [0, 0.1) is 16.0 Å². The Balaban J connectivity index is 1.52. The lowest BCUT2D eigenvalue weighted by Gasteiger charge is -2.37. The molecule has 2 aliphatic rings. The van der Waals surface area contributed by atoms with Crippen LogP contribution in [0.25, 0.3) is 0 Å². The molecular weight excluding hydrogens is 512 g/mol. The van der Waals surface area contributed by atoms with Crippen molar-refractivity contribution in [2.75, 3.05) is 60.9 Å². The number of anilines is 3. The van der Waals surface area contributed by atoms with Crippen LogP contribution in [-0.4, -0.2) is 66.7 Å². The van der Waals surface area contributed by atoms with Gasteiger partial charge >= 0.3 is 0 Å². The van der Waals surface area contributed by atoms with Gasteiger partial charge in [0.05, 0.1) is 32.6 Å². The van der Waals surface area contributed by atoms with E-state index in [-0.39, 0.29) is 16.4 Å². The number of nitrogens with zero attached hydrogens (tertiary/aromatic N) is 4. The molecule has 37 heavy (non-hydrogen) atoms. The van der Waals surface area contributed by atoms with Crippen LogP contribution < -0.4 is 20.4 Å². The number of nitrogens with one attached hydrogen (secondary N) is 2. The fourth-order valence-electron chi connectivity index (χ4n) is 4.89. The highest BCUT2D eigenvalue weighted by molar-refractivity contribution is 7.80.